The maximum atomic E-state index is 13.5. The van der Waals surface area contributed by atoms with Crippen molar-refractivity contribution in [3.8, 4) is 0 Å². The van der Waals surface area contributed by atoms with E-state index < -0.39 is 15.8 Å². The third kappa shape index (κ3) is 4.39. The molecule has 0 bridgehead atoms. The van der Waals surface area contributed by atoms with E-state index in [0.29, 0.717) is 13.0 Å². The summed E-state index contributed by atoms with van der Waals surface area (Å²) in [4.78, 5) is -0.188. The molecule has 5 nitrogen and oxygen atoms in total. The lowest BCUT2D eigenvalue weighted by molar-refractivity contribution is 0.196. The van der Waals surface area contributed by atoms with Gasteiger partial charge in [-0.25, -0.2) is 17.5 Å². The fraction of sp³-hybridized carbons (Fsp3) is 0.455. The Bertz CT molecular complexity index is 537. The largest absolute Gasteiger partial charge is 0.385 e. The van der Waals surface area contributed by atoms with Gasteiger partial charge in [0.15, 0.2) is 0 Å². The first-order valence-electron chi connectivity index (χ1n) is 5.59. The number of nitrogens with one attached hydrogen (secondary N) is 1. The molecule has 0 aliphatic rings. The monoisotopic (exact) mass is 310 g/mol. The molecule has 0 aromatic heterocycles. The van der Waals surface area contributed by atoms with E-state index in [0.717, 1.165) is 6.07 Å². The number of hydrogen-bond donors (Lipinski definition) is 2. The SMILES string of the molecule is COCCCNS(=O)(=O)c1cc(F)c(Cl)c(CN)c1. The highest BCUT2D eigenvalue weighted by Crippen LogP contribution is 2.24. The summed E-state index contributed by atoms with van der Waals surface area (Å²) in [6.07, 6.45) is 0.523. The number of nitrogens with two attached hydrogens (primary N) is 1. The Hall–Kier alpha value is -0.730. The first-order valence-corrected chi connectivity index (χ1v) is 7.45. The van der Waals surface area contributed by atoms with Crippen molar-refractivity contribution >= 4 is 21.6 Å². The van der Waals surface area contributed by atoms with Gasteiger partial charge in [-0.2, -0.15) is 0 Å². The molecular weight excluding hydrogens is 295 g/mol. The van der Waals surface area contributed by atoms with Gasteiger partial charge >= 0.3 is 0 Å². The van der Waals surface area contributed by atoms with Crippen LogP contribution in [0.5, 0.6) is 0 Å². The van der Waals surface area contributed by atoms with E-state index in [-0.39, 0.29) is 28.6 Å². The molecule has 0 fully saturated rings. The number of hydrogen-bond acceptors (Lipinski definition) is 4. The lowest BCUT2D eigenvalue weighted by atomic mass is 10.2. The zero-order valence-corrected chi connectivity index (χ0v) is 12.0. The van der Waals surface area contributed by atoms with Crippen molar-refractivity contribution < 1.29 is 17.5 Å². The van der Waals surface area contributed by atoms with Crippen LogP contribution in [0.3, 0.4) is 0 Å². The lowest BCUT2D eigenvalue weighted by Crippen LogP contribution is -2.26. The minimum absolute atomic E-state index is 0.0389. The van der Waals surface area contributed by atoms with E-state index >= 15 is 0 Å². The second kappa shape index (κ2) is 7.16. The second-order valence-electron chi connectivity index (χ2n) is 3.83. The first-order chi connectivity index (χ1) is 8.92. The number of halogens is 2. The van der Waals surface area contributed by atoms with Crippen LogP contribution in [0.4, 0.5) is 4.39 Å². The van der Waals surface area contributed by atoms with Gasteiger partial charge in [0.1, 0.15) is 5.82 Å². The van der Waals surface area contributed by atoms with Crippen LogP contribution in [-0.4, -0.2) is 28.7 Å². The van der Waals surface area contributed by atoms with Gasteiger partial charge in [0, 0.05) is 26.8 Å². The van der Waals surface area contributed by atoms with Gasteiger partial charge in [-0.3, -0.25) is 0 Å². The molecular formula is C11H16ClFN2O3S. The van der Waals surface area contributed by atoms with Gasteiger partial charge < -0.3 is 10.5 Å². The standard InChI is InChI=1S/C11H16ClFN2O3S/c1-18-4-2-3-15-19(16,17)9-5-8(7-14)11(12)10(13)6-9/h5-6,15H,2-4,7,14H2,1H3. The molecule has 8 heteroatoms. The topological polar surface area (TPSA) is 81.4 Å². The summed E-state index contributed by atoms with van der Waals surface area (Å²) >= 11 is 5.67. The summed E-state index contributed by atoms with van der Waals surface area (Å²) in [6, 6.07) is 2.14. The molecule has 0 aliphatic carbocycles. The average molecular weight is 311 g/mol. The second-order valence-corrected chi connectivity index (χ2v) is 5.97. The molecule has 0 aliphatic heterocycles. The molecule has 0 saturated heterocycles. The van der Waals surface area contributed by atoms with Crippen molar-refractivity contribution in [2.45, 2.75) is 17.9 Å². The van der Waals surface area contributed by atoms with Crippen LogP contribution in [0, 0.1) is 5.82 Å². The van der Waals surface area contributed by atoms with E-state index in [1.165, 1.54) is 13.2 Å². The molecule has 19 heavy (non-hydrogen) atoms. The van der Waals surface area contributed by atoms with Gasteiger partial charge in [-0.1, -0.05) is 11.6 Å². The van der Waals surface area contributed by atoms with Gasteiger partial charge in [-0.15, -0.1) is 0 Å². The zero-order valence-electron chi connectivity index (χ0n) is 10.4. The maximum Gasteiger partial charge on any atom is 0.240 e. The Labute approximate surface area is 116 Å². The molecule has 0 atom stereocenters. The number of methoxy groups -OCH3 is 1. The molecule has 1 aromatic rings. The molecule has 3 N–H and O–H groups in total. The fourth-order valence-electron chi connectivity index (χ4n) is 1.43. The molecule has 0 heterocycles. The fourth-order valence-corrected chi connectivity index (χ4v) is 2.75. The summed E-state index contributed by atoms with van der Waals surface area (Å²) in [5.41, 5.74) is 5.64. The Morgan fingerprint density at radius 2 is 2.16 bits per heavy atom. The van der Waals surface area contributed by atoms with Crippen molar-refractivity contribution in [2.75, 3.05) is 20.3 Å². The van der Waals surface area contributed by atoms with Gasteiger partial charge in [0.25, 0.3) is 0 Å². The van der Waals surface area contributed by atoms with Gasteiger partial charge in [-0.05, 0) is 24.1 Å². The van der Waals surface area contributed by atoms with E-state index in [2.05, 4.69) is 4.72 Å². The van der Waals surface area contributed by atoms with E-state index in [1.807, 2.05) is 0 Å². The Balaban J connectivity index is 2.92. The van der Waals surface area contributed by atoms with Crippen molar-refractivity contribution in [1.29, 1.82) is 0 Å². The predicted molar refractivity (Wildman–Crippen MR) is 71.0 cm³/mol. The summed E-state index contributed by atoms with van der Waals surface area (Å²) in [5, 5.41) is -0.152. The minimum Gasteiger partial charge on any atom is -0.385 e. The van der Waals surface area contributed by atoms with Crippen LogP contribution in [0.1, 0.15) is 12.0 Å². The third-order valence-corrected chi connectivity index (χ3v) is 4.29. The summed E-state index contributed by atoms with van der Waals surface area (Å²) in [6.45, 7) is 0.604. The maximum absolute atomic E-state index is 13.5. The highest BCUT2D eigenvalue weighted by molar-refractivity contribution is 7.89. The number of rotatable bonds is 7. The molecule has 0 unspecified atom stereocenters. The normalized spacial score (nSPS) is 11.8. The van der Waals surface area contributed by atoms with Crippen molar-refractivity contribution in [3.63, 3.8) is 0 Å². The quantitative estimate of drug-likeness (QED) is 0.743. The molecule has 0 amide bonds. The summed E-state index contributed by atoms with van der Waals surface area (Å²) < 4.78 is 44.5. The molecule has 108 valence electrons. The van der Waals surface area contributed by atoms with Crippen molar-refractivity contribution in [1.82, 2.24) is 4.72 Å². The van der Waals surface area contributed by atoms with Crippen LogP contribution in [-0.2, 0) is 21.3 Å². The number of benzene rings is 1. The van der Waals surface area contributed by atoms with E-state index in [1.54, 1.807) is 0 Å². The highest BCUT2D eigenvalue weighted by Gasteiger charge is 2.18. The van der Waals surface area contributed by atoms with Crippen LogP contribution in [0.25, 0.3) is 0 Å². The van der Waals surface area contributed by atoms with Crippen LogP contribution in [0.2, 0.25) is 5.02 Å². The Morgan fingerprint density at radius 1 is 1.47 bits per heavy atom. The molecule has 1 rings (SSSR count). The zero-order chi connectivity index (χ0) is 14.5. The summed E-state index contributed by atoms with van der Waals surface area (Å²) in [7, 11) is -2.25. The predicted octanol–water partition coefficient (Wildman–Crippen LogP) is 1.25. The molecule has 1 aromatic carbocycles. The molecule has 0 saturated carbocycles. The smallest absolute Gasteiger partial charge is 0.240 e. The van der Waals surface area contributed by atoms with Crippen molar-refractivity contribution in [3.05, 3.63) is 28.5 Å². The van der Waals surface area contributed by atoms with E-state index in [9.17, 15) is 12.8 Å². The van der Waals surface area contributed by atoms with Crippen molar-refractivity contribution in [2.24, 2.45) is 5.73 Å². The number of sulfonamides is 1. The molecule has 0 radical (unpaired) electrons. The van der Waals surface area contributed by atoms with E-state index in [4.69, 9.17) is 22.1 Å². The molecule has 0 spiro atoms. The van der Waals surface area contributed by atoms with Gasteiger partial charge in [0.05, 0.1) is 9.92 Å². The van der Waals surface area contributed by atoms with Crippen LogP contribution in [0.15, 0.2) is 17.0 Å². The average Bonchev–Trinajstić information content (AvgIpc) is 2.37. The first kappa shape index (κ1) is 16.3. The van der Waals surface area contributed by atoms with Crippen LogP contribution < -0.4 is 10.5 Å². The van der Waals surface area contributed by atoms with Gasteiger partial charge in [0.2, 0.25) is 10.0 Å². The lowest BCUT2D eigenvalue weighted by Gasteiger charge is -2.09. The third-order valence-electron chi connectivity index (χ3n) is 2.42. The Morgan fingerprint density at radius 3 is 2.74 bits per heavy atom. The minimum atomic E-state index is -3.77. The Kier molecular flexibility index (Phi) is 6.15. The highest BCUT2D eigenvalue weighted by atomic mass is 35.5. The summed E-state index contributed by atoms with van der Waals surface area (Å²) in [5.74, 6) is -0.804. The number of ether oxygens (including phenoxy) is 1. The van der Waals surface area contributed by atoms with Crippen LogP contribution >= 0.6 is 11.6 Å².